The van der Waals surface area contributed by atoms with Crippen LogP contribution in [0.4, 0.5) is 5.69 Å². The Morgan fingerprint density at radius 1 is 0.818 bits per heavy atom. The first kappa shape index (κ1) is 30.5. The van der Waals surface area contributed by atoms with Crippen LogP contribution < -0.4 is 34.3 Å². The Morgan fingerprint density at radius 3 is 2.11 bits per heavy atom. The number of methoxy groups -OCH3 is 4. The van der Waals surface area contributed by atoms with Gasteiger partial charge in [0, 0.05) is 40.6 Å². The quantitative estimate of drug-likeness (QED) is 0.288. The van der Waals surface area contributed by atoms with Gasteiger partial charge in [0.1, 0.15) is 5.75 Å². The lowest BCUT2D eigenvalue weighted by Gasteiger charge is -2.37. The number of carbonyl (C=O) groups is 2. The zero-order valence-corrected chi connectivity index (χ0v) is 25.9. The number of nitrogens with one attached hydrogen (secondary N) is 2. The Balaban J connectivity index is 1.57. The molecule has 2 N–H and O–H groups in total. The highest BCUT2D eigenvalue weighted by atomic mass is 16.5. The summed E-state index contributed by atoms with van der Waals surface area (Å²) >= 11 is 0. The Labute approximate surface area is 257 Å². The fraction of sp³-hybridized carbons (Fsp3) is 0.314. The number of Topliss-reactive ketones (excluding diaryl/α,β-unsaturated/α-hetero) is 1. The zero-order valence-electron chi connectivity index (χ0n) is 25.9. The second-order valence-corrected chi connectivity index (χ2v) is 10.7. The minimum atomic E-state index is -0.618. The predicted octanol–water partition coefficient (Wildman–Crippen LogP) is 6.12. The SMILES string of the molecule is CCOc1ccc([C@H]2C(C(=O)Nc3ccc(OC)cc3)=C(C)NC3=C2C(=O)C[C@H](c2ccc(OC)c(OC)c2)C3)cc1OC. The lowest BCUT2D eigenvalue weighted by Crippen LogP contribution is -2.37. The van der Waals surface area contributed by atoms with Gasteiger partial charge in [-0.25, -0.2) is 0 Å². The lowest BCUT2D eigenvalue weighted by atomic mass is 9.71. The van der Waals surface area contributed by atoms with Crippen molar-refractivity contribution in [2.75, 3.05) is 40.4 Å². The van der Waals surface area contributed by atoms with E-state index in [9.17, 15) is 9.59 Å². The molecule has 1 aliphatic carbocycles. The largest absolute Gasteiger partial charge is 0.497 e. The molecule has 5 rings (SSSR count). The summed E-state index contributed by atoms with van der Waals surface area (Å²) < 4.78 is 27.6. The third kappa shape index (κ3) is 5.95. The van der Waals surface area contributed by atoms with Crippen LogP contribution in [0, 0.1) is 0 Å². The van der Waals surface area contributed by atoms with E-state index in [2.05, 4.69) is 10.6 Å². The van der Waals surface area contributed by atoms with Gasteiger partial charge in [0.2, 0.25) is 0 Å². The van der Waals surface area contributed by atoms with E-state index in [1.165, 1.54) is 0 Å². The van der Waals surface area contributed by atoms with Gasteiger partial charge in [0.05, 0.1) is 35.0 Å². The molecule has 0 spiro atoms. The third-order valence-electron chi connectivity index (χ3n) is 8.12. The molecular weight excluding hydrogens is 560 g/mol. The Bertz CT molecular complexity index is 1620. The number of rotatable bonds is 10. The van der Waals surface area contributed by atoms with Crippen molar-refractivity contribution in [3.63, 3.8) is 0 Å². The van der Waals surface area contributed by atoms with Crippen molar-refractivity contribution in [2.24, 2.45) is 0 Å². The lowest BCUT2D eigenvalue weighted by molar-refractivity contribution is -0.116. The van der Waals surface area contributed by atoms with Crippen LogP contribution in [0.5, 0.6) is 28.7 Å². The molecule has 9 nitrogen and oxygen atoms in total. The molecule has 1 amide bonds. The molecule has 2 atom stereocenters. The van der Waals surface area contributed by atoms with E-state index in [1.807, 2.05) is 50.2 Å². The molecule has 0 bridgehead atoms. The van der Waals surface area contributed by atoms with Gasteiger partial charge in [0.15, 0.2) is 28.8 Å². The van der Waals surface area contributed by atoms with Crippen molar-refractivity contribution in [3.05, 3.63) is 94.3 Å². The summed E-state index contributed by atoms with van der Waals surface area (Å²) in [6.07, 6.45) is 0.874. The van der Waals surface area contributed by atoms with Crippen LogP contribution in [0.1, 0.15) is 49.7 Å². The van der Waals surface area contributed by atoms with Gasteiger partial charge in [-0.15, -0.1) is 0 Å². The number of carbonyl (C=O) groups excluding carboxylic acids is 2. The standard InChI is InChI=1S/C35H38N2O7/c1-7-44-29-15-9-22(19-31(29)43-6)33-32(35(39)37-24-10-12-25(40-3)13-11-24)20(2)36-26-16-23(17-27(38)34(26)33)21-8-14-28(41-4)30(18-21)42-5/h8-15,18-19,23,33,36H,7,16-17H2,1-6H3,(H,37,39)/t23-,33+/m1/s1. The summed E-state index contributed by atoms with van der Waals surface area (Å²) in [6, 6.07) is 18.5. The maximum atomic E-state index is 14.1. The maximum absolute atomic E-state index is 14.1. The summed E-state index contributed by atoms with van der Waals surface area (Å²) in [6.45, 7) is 4.25. The normalized spacial score (nSPS) is 17.8. The molecule has 0 saturated heterocycles. The van der Waals surface area contributed by atoms with Crippen LogP contribution in [0.3, 0.4) is 0 Å². The number of allylic oxidation sites excluding steroid dienone is 3. The molecule has 0 unspecified atom stereocenters. The summed E-state index contributed by atoms with van der Waals surface area (Å²) in [5, 5.41) is 6.45. The van der Waals surface area contributed by atoms with Crippen LogP contribution in [-0.2, 0) is 9.59 Å². The summed E-state index contributed by atoms with van der Waals surface area (Å²) in [7, 11) is 6.36. The van der Waals surface area contributed by atoms with Crippen LogP contribution in [0.2, 0.25) is 0 Å². The van der Waals surface area contributed by atoms with Crippen molar-refractivity contribution < 1.29 is 33.3 Å². The van der Waals surface area contributed by atoms with Crippen molar-refractivity contribution >= 4 is 17.4 Å². The van der Waals surface area contributed by atoms with Gasteiger partial charge >= 0.3 is 0 Å². The van der Waals surface area contributed by atoms with Crippen molar-refractivity contribution in [1.82, 2.24) is 5.32 Å². The summed E-state index contributed by atoms with van der Waals surface area (Å²) in [5.41, 5.74) is 4.88. The van der Waals surface area contributed by atoms with E-state index in [0.29, 0.717) is 64.3 Å². The van der Waals surface area contributed by atoms with E-state index >= 15 is 0 Å². The minimum Gasteiger partial charge on any atom is -0.497 e. The van der Waals surface area contributed by atoms with Gasteiger partial charge in [-0.05, 0) is 85.8 Å². The molecule has 9 heteroatoms. The monoisotopic (exact) mass is 598 g/mol. The molecule has 3 aromatic rings. The maximum Gasteiger partial charge on any atom is 0.254 e. The Morgan fingerprint density at radius 2 is 1.45 bits per heavy atom. The average Bonchev–Trinajstić information content (AvgIpc) is 3.04. The molecular formula is C35H38N2O7. The molecule has 230 valence electrons. The number of hydrogen-bond donors (Lipinski definition) is 2. The van der Waals surface area contributed by atoms with Gasteiger partial charge in [0.25, 0.3) is 5.91 Å². The van der Waals surface area contributed by atoms with E-state index in [-0.39, 0.29) is 24.0 Å². The first-order valence-electron chi connectivity index (χ1n) is 14.5. The number of hydrogen-bond acceptors (Lipinski definition) is 8. The van der Waals surface area contributed by atoms with Gasteiger partial charge in [-0.3, -0.25) is 9.59 Å². The highest BCUT2D eigenvalue weighted by Crippen LogP contribution is 2.47. The number of dihydropyridines is 1. The van der Waals surface area contributed by atoms with Gasteiger partial charge in [-0.1, -0.05) is 12.1 Å². The number of ether oxygens (including phenoxy) is 5. The summed E-state index contributed by atoms with van der Waals surface area (Å²) in [4.78, 5) is 28.1. The molecule has 0 aromatic heterocycles. The molecule has 0 fully saturated rings. The average molecular weight is 599 g/mol. The second kappa shape index (κ2) is 13.2. The number of amides is 1. The number of ketones is 1. The van der Waals surface area contributed by atoms with Crippen molar-refractivity contribution in [2.45, 2.75) is 38.5 Å². The minimum absolute atomic E-state index is 0.0290. The highest BCUT2D eigenvalue weighted by molar-refractivity contribution is 6.10. The second-order valence-electron chi connectivity index (χ2n) is 10.7. The van der Waals surface area contributed by atoms with Crippen LogP contribution in [0.15, 0.2) is 83.2 Å². The predicted molar refractivity (Wildman–Crippen MR) is 168 cm³/mol. The zero-order chi connectivity index (χ0) is 31.4. The Hall–Kier alpha value is -4.92. The molecule has 0 radical (unpaired) electrons. The summed E-state index contributed by atoms with van der Waals surface area (Å²) in [5.74, 6) is 2.02. The van der Waals surface area contributed by atoms with Crippen LogP contribution >= 0.6 is 0 Å². The molecule has 2 aliphatic rings. The smallest absolute Gasteiger partial charge is 0.254 e. The van der Waals surface area contributed by atoms with Crippen LogP contribution in [0.25, 0.3) is 0 Å². The van der Waals surface area contributed by atoms with Gasteiger partial charge in [-0.2, -0.15) is 0 Å². The van der Waals surface area contributed by atoms with Crippen molar-refractivity contribution in [3.8, 4) is 28.7 Å². The van der Waals surface area contributed by atoms with E-state index in [0.717, 1.165) is 16.8 Å². The molecule has 44 heavy (non-hydrogen) atoms. The first-order chi connectivity index (χ1) is 21.3. The third-order valence-corrected chi connectivity index (χ3v) is 8.12. The number of benzene rings is 3. The van der Waals surface area contributed by atoms with E-state index < -0.39 is 5.92 Å². The van der Waals surface area contributed by atoms with E-state index in [1.54, 1.807) is 52.7 Å². The van der Waals surface area contributed by atoms with Gasteiger partial charge < -0.3 is 34.3 Å². The molecule has 0 saturated carbocycles. The topological polar surface area (TPSA) is 104 Å². The van der Waals surface area contributed by atoms with Crippen molar-refractivity contribution in [1.29, 1.82) is 0 Å². The first-order valence-corrected chi connectivity index (χ1v) is 14.5. The fourth-order valence-electron chi connectivity index (χ4n) is 6.03. The van der Waals surface area contributed by atoms with E-state index in [4.69, 9.17) is 23.7 Å². The van der Waals surface area contributed by atoms with Crippen LogP contribution in [-0.4, -0.2) is 46.7 Å². The molecule has 1 heterocycles. The number of anilines is 1. The Kier molecular flexibility index (Phi) is 9.13. The fourth-order valence-corrected chi connectivity index (χ4v) is 6.03. The molecule has 1 aliphatic heterocycles. The highest BCUT2D eigenvalue weighted by Gasteiger charge is 2.41. The molecule has 3 aromatic carbocycles.